The molecule has 1 aromatic carbocycles. The van der Waals surface area contributed by atoms with Crippen LogP contribution in [0.1, 0.15) is 16.1 Å². The van der Waals surface area contributed by atoms with Gasteiger partial charge in [0.25, 0.3) is 0 Å². The van der Waals surface area contributed by atoms with Crippen molar-refractivity contribution < 1.29 is 18.7 Å². The molecule has 0 radical (unpaired) electrons. The fraction of sp³-hybridized carbons (Fsp3) is 0.0833. The molecule has 0 aliphatic carbocycles. The van der Waals surface area contributed by atoms with Crippen LogP contribution in [0.3, 0.4) is 0 Å². The Kier molecular flexibility index (Phi) is 3.65. The van der Waals surface area contributed by atoms with Crippen LogP contribution >= 0.6 is 0 Å². The van der Waals surface area contributed by atoms with E-state index in [1.54, 1.807) is 0 Å². The summed E-state index contributed by atoms with van der Waals surface area (Å²) in [6.07, 6.45) is 1.28. The molecule has 1 heterocycles. The number of rotatable bonds is 4. The molecule has 7 heteroatoms. The number of aromatic nitrogens is 2. The largest absolute Gasteiger partial charge is 0.477 e. The van der Waals surface area contributed by atoms with E-state index < -0.39 is 17.6 Å². The number of anilines is 1. The van der Waals surface area contributed by atoms with Crippen LogP contribution in [0.4, 0.5) is 14.7 Å². The van der Waals surface area contributed by atoms with E-state index >= 15 is 0 Å². The van der Waals surface area contributed by atoms with Crippen LogP contribution in [0.5, 0.6) is 0 Å². The summed E-state index contributed by atoms with van der Waals surface area (Å²) in [4.78, 5) is 18.2. The van der Waals surface area contributed by atoms with Crippen molar-refractivity contribution in [2.75, 3.05) is 5.32 Å². The molecule has 0 fully saturated rings. The second kappa shape index (κ2) is 5.38. The van der Waals surface area contributed by atoms with E-state index in [9.17, 15) is 13.6 Å². The number of halogens is 2. The van der Waals surface area contributed by atoms with E-state index in [2.05, 4.69) is 15.3 Å². The number of nitrogens with zero attached hydrogens (tertiary/aromatic N) is 2. The van der Waals surface area contributed by atoms with E-state index in [1.807, 2.05) is 0 Å². The van der Waals surface area contributed by atoms with Crippen molar-refractivity contribution in [1.82, 2.24) is 9.97 Å². The highest BCUT2D eigenvalue weighted by atomic mass is 19.1. The zero-order valence-corrected chi connectivity index (χ0v) is 9.60. The maximum absolute atomic E-state index is 13.3. The normalized spacial score (nSPS) is 10.2. The molecule has 0 amide bonds. The van der Waals surface area contributed by atoms with Crippen LogP contribution in [0.2, 0.25) is 0 Å². The quantitative estimate of drug-likeness (QED) is 0.885. The van der Waals surface area contributed by atoms with E-state index in [0.717, 1.165) is 12.1 Å². The van der Waals surface area contributed by atoms with E-state index in [4.69, 9.17) is 5.11 Å². The molecule has 0 aliphatic rings. The first-order chi connectivity index (χ1) is 9.06. The van der Waals surface area contributed by atoms with Crippen LogP contribution in [-0.4, -0.2) is 21.0 Å². The first-order valence-corrected chi connectivity index (χ1v) is 5.30. The number of carboxylic acids is 1. The van der Waals surface area contributed by atoms with Crippen molar-refractivity contribution in [3.05, 3.63) is 53.4 Å². The Hall–Kier alpha value is -2.57. The predicted octanol–water partition coefficient (Wildman–Crippen LogP) is 2.07. The van der Waals surface area contributed by atoms with Gasteiger partial charge in [0.05, 0.1) is 0 Å². The van der Waals surface area contributed by atoms with Crippen molar-refractivity contribution in [1.29, 1.82) is 0 Å². The standard InChI is InChI=1S/C12H9F2N3O2/c13-8-2-1-7(9(14)5-8)6-16-12-15-4-3-10(17-12)11(18)19/h1-5H,6H2,(H,18,19)(H,15,16,17). The third-order valence-electron chi connectivity index (χ3n) is 2.33. The average molecular weight is 265 g/mol. The summed E-state index contributed by atoms with van der Waals surface area (Å²) in [6.45, 7) is 0.0230. The third-order valence-corrected chi connectivity index (χ3v) is 2.33. The van der Waals surface area contributed by atoms with Crippen LogP contribution < -0.4 is 5.32 Å². The first-order valence-electron chi connectivity index (χ1n) is 5.30. The summed E-state index contributed by atoms with van der Waals surface area (Å²) in [7, 11) is 0. The molecule has 98 valence electrons. The van der Waals surface area contributed by atoms with Crippen molar-refractivity contribution >= 4 is 11.9 Å². The lowest BCUT2D eigenvalue weighted by atomic mass is 10.2. The number of hydrogen-bond acceptors (Lipinski definition) is 4. The molecule has 2 aromatic rings. The van der Waals surface area contributed by atoms with Gasteiger partial charge in [0.15, 0.2) is 5.69 Å². The van der Waals surface area contributed by atoms with Gasteiger partial charge in [-0.1, -0.05) is 6.07 Å². The number of carboxylic acid groups (broad SMARTS) is 1. The summed E-state index contributed by atoms with van der Waals surface area (Å²) < 4.78 is 26.0. The molecule has 0 unspecified atom stereocenters. The highest BCUT2D eigenvalue weighted by molar-refractivity contribution is 5.85. The second-order valence-electron chi connectivity index (χ2n) is 3.66. The predicted molar refractivity (Wildman–Crippen MR) is 62.7 cm³/mol. The molecule has 0 spiro atoms. The van der Waals surface area contributed by atoms with Gasteiger partial charge in [-0.3, -0.25) is 0 Å². The van der Waals surface area contributed by atoms with Crippen LogP contribution in [0.25, 0.3) is 0 Å². The van der Waals surface area contributed by atoms with Gasteiger partial charge >= 0.3 is 5.97 Å². The monoisotopic (exact) mass is 265 g/mol. The number of nitrogens with one attached hydrogen (secondary N) is 1. The molecule has 0 aliphatic heterocycles. The number of carbonyl (C=O) groups is 1. The average Bonchev–Trinajstić information content (AvgIpc) is 2.38. The smallest absolute Gasteiger partial charge is 0.354 e. The molecule has 2 N–H and O–H groups in total. The van der Waals surface area contributed by atoms with Gasteiger partial charge in [-0.15, -0.1) is 0 Å². The molecule has 1 aromatic heterocycles. The SMILES string of the molecule is O=C(O)c1ccnc(NCc2ccc(F)cc2F)n1. The van der Waals surface area contributed by atoms with Crippen molar-refractivity contribution in [2.45, 2.75) is 6.54 Å². The van der Waals surface area contributed by atoms with Crippen molar-refractivity contribution in [3.63, 3.8) is 0 Å². The molecule has 0 saturated carbocycles. The van der Waals surface area contributed by atoms with Gasteiger partial charge in [0, 0.05) is 24.4 Å². The van der Waals surface area contributed by atoms with Gasteiger partial charge in [0.2, 0.25) is 5.95 Å². The molecular formula is C12H9F2N3O2. The van der Waals surface area contributed by atoms with E-state index in [1.165, 1.54) is 18.3 Å². The fourth-order valence-electron chi connectivity index (χ4n) is 1.40. The molecule has 2 rings (SSSR count). The van der Waals surface area contributed by atoms with Gasteiger partial charge in [-0.2, -0.15) is 0 Å². The summed E-state index contributed by atoms with van der Waals surface area (Å²) >= 11 is 0. The lowest BCUT2D eigenvalue weighted by Crippen LogP contribution is -2.08. The lowest BCUT2D eigenvalue weighted by molar-refractivity contribution is 0.0690. The number of aromatic carboxylic acids is 1. The number of benzene rings is 1. The zero-order valence-electron chi connectivity index (χ0n) is 9.60. The van der Waals surface area contributed by atoms with Gasteiger partial charge in [-0.25, -0.2) is 23.5 Å². The highest BCUT2D eigenvalue weighted by Gasteiger charge is 2.07. The maximum Gasteiger partial charge on any atom is 0.354 e. The number of hydrogen-bond donors (Lipinski definition) is 2. The van der Waals surface area contributed by atoms with Gasteiger partial charge in [-0.05, 0) is 12.1 Å². The van der Waals surface area contributed by atoms with Crippen molar-refractivity contribution in [2.24, 2.45) is 0 Å². The Morgan fingerprint density at radius 3 is 2.79 bits per heavy atom. The lowest BCUT2D eigenvalue weighted by Gasteiger charge is -2.06. The minimum Gasteiger partial charge on any atom is -0.477 e. The summed E-state index contributed by atoms with van der Waals surface area (Å²) in [5.41, 5.74) is 0.0582. The minimum absolute atomic E-state index is 0.0230. The zero-order chi connectivity index (χ0) is 13.8. The highest BCUT2D eigenvalue weighted by Crippen LogP contribution is 2.11. The summed E-state index contributed by atoms with van der Waals surface area (Å²) in [6, 6.07) is 4.44. The molecule has 19 heavy (non-hydrogen) atoms. The maximum atomic E-state index is 13.3. The molecule has 0 saturated heterocycles. The van der Waals surface area contributed by atoms with Crippen LogP contribution in [-0.2, 0) is 6.54 Å². The Bertz CT molecular complexity index is 620. The Labute approximate surface area is 106 Å². The fourth-order valence-corrected chi connectivity index (χ4v) is 1.40. The molecule has 0 atom stereocenters. The summed E-state index contributed by atoms with van der Waals surface area (Å²) in [5, 5.41) is 11.4. The van der Waals surface area contributed by atoms with Gasteiger partial charge in [0.1, 0.15) is 11.6 Å². The molecular weight excluding hydrogens is 256 g/mol. The van der Waals surface area contributed by atoms with E-state index in [-0.39, 0.29) is 23.8 Å². The topological polar surface area (TPSA) is 75.1 Å². The Balaban J connectivity index is 2.10. The van der Waals surface area contributed by atoms with Gasteiger partial charge < -0.3 is 10.4 Å². The first kappa shape index (κ1) is 12.9. The van der Waals surface area contributed by atoms with Crippen LogP contribution in [0.15, 0.2) is 30.5 Å². The Morgan fingerprint density at radius 2 is 2.11 bits per heavy atom. The molecule has 0 bridgehead atoms. The summed E-state index contributed by atoms with van der Waals surface area (Å²) in [5.74, 6) is -2.48. The minimum atomic E-state index is -1.18. The van der Waals surface area contributed by atoms with Crippen LogP contribution in [0, 0.1) is 11.6 Å². The molecule has 5 nitrogen and oxygen atoms in total. The third kappa shape index (κ3) is 3.21. The second-order valence-corrected chi connectivity index (χ2v) is 3.66. The van der Waals surface area contributed by atoms with E-state index in [0.29, 0.717) is 0 Å². The Morgan fingerprint density at radius 1 is 1.32 bits per heavy atom. The van der Waals surface area contributed by atoms with Crippen molar-refractivity contribution in [3.8, 4) is 0 Å².